The molecular weight excluding hydrogens is 291 g/mol. The van der Waals surface area contributed by atoms with Gasteiger partial charge in [0.1, 0.15) is 0 Å². The quantitative estimate of drug-likeness (QED) is 0.933. The van der Waals surface area contributed by atoms with E-state index in [-0.39, 0.29) is 17.7 Å². The molecule has 1 aliphatic carbocycles. The van der Waals surface area contributed by atoms with Crippen molar-refractivity contribution in [1.29, 1.82) is 0 Å². The minimum atomic E-state index is -4.37. The third-order valence-electron chi connectivity index (χ3n) is 3.55. The van der Waals surface area contributed by atoms with Crippen LogP contribution >= 0.6 is 0 Å². The van der Waals surface area contributed by atoms with E-state index in [2.05, 4.69) is 4.72 Å². The standard InChI is InChI=1S/C13H16F3NO2S/c14-13(15,16)11-8-4-5-9-12(11)17-20(18,19)10-6-2-1-3-7-10/h1-3,6-7,11-12,17H,4-5,8-9H2. The fraction of sp³-hybridized carbons (Fsp3) is 0.538. The van der Waals surface area contributed by atoms with Gasteiger partial charge in [0.25, 0.3) is 0 Å². The van der Waals surface area contributed by atoms with Gasteiger partial charge in [-0.15, -0.1) is 0 Å². The van der Waals surface area contributed by atoms with E-state index < -0.39 is 28.2 Å². The van der Waals surface area contributed by atoms with Crippen LogP contribution in [0.5, 0.6) is 0 Å². The zero-order chi connectivity index (χ0) is 14.8. The second-order valence-electron chi connectivity index (χ2n) is 4.97. The van der Waals surface area contributed by atoms with E-state index in [9.17, 15) is 21.6 Å². The fourth-order valence-corrected chi connectivity index (χ4v) is 3.86. The van der Waals surface area contributed by atoms with Crippen LogP contribution in [-0.4, -0.2) is 20.6 Å². The van der Waals surface area contributed by atoms with Crippen LogP contribution in [-0.2, 0) is 10.0 Å². The Bertz CT molecular complexity index is 542. The van der Waals surface area contributed by atoms with E-state index in [4.69, 9.17) is 0 Å². The Morgan fingerprint density at radius 1 is 1.05 bits per heavy atom. The lowest BCUT2D eigenvalue weighted by molar-refractivity contribution is -0.187. The van der Waals surface area contributed by atoms with Gasteiger partial charge in [-0.2, -0.15) is 13.2 Å². The van der Waals surface area contributed by atoms with Gasteiger partial charge in [0, 0.05) is 6.04 Å². The Balaban J connectivity index is 2.19. The number of halogens is 3. The molecule has 7 heteroatoms. The van der Waals surface area contributed by atoms with Gasteiger partial charge >= 0.3 is 6.18 Å². The summed E-state index contributed by atoms with van der Waals surface area (Å²) in [4.78, 5) is -0.00787. The molecule has 0 aliphatic heterocycles. The maximum absolute atomic E-state index is 12.9. The Morgan fingerprint density at radius 2 is 1.65 bits per heavy atom. The van der Waals surface area contributed by atoms with Gasteiger partial charge in [-0.05, 0) is 25.0 Å². The van der Waals surface area contributed by atoms with Crippen molar-refractivity contribution in [3.8, 4) is 0 Å². The Labute approximate surface area is 116 Å². The molecule has 1 saturated carbocycles. The summed E-state index contributed by atoms with van der Waals surface area (Å²) in [6, 6.07) is 6.39. The molecule has 3 nitrogen and oxygen atoms in total. The smallest absolute Gasteiger partial charge is 0.207 e. The van der Waals surface area contributed by atoms with Gasteiger partial charge in [0.05, 0.1) is 10.8 Å². The predicted molar refractivity (Wildman–Crippen MR) is 68.6 cm³/mol. The maximum atomic E-state index is 12.9. The minimum Gasteiger partial charge on any atom is -0.207 e. The number of hydrogen-bond acceptors (Lipinski definition) is 2. The summed E-state index contributed by atoms with van der Waals surface area (Å²) in [5.74, 6) is -1.60. The highest BCUT2D eigenvalue weighted by atomic mass is 32.2. The molecule has 0 radical (unpaired) electrons. The van der Waals surface area contributed by atoms with Crippen LogP contribution in [0, 0.1) is 5.92 Å². The second kappa shape index (κ2) is 5.73. The van der Waals surface area contributed by atoms with Crippen molar-refractivity contribution in [3.63, 3.8) is 0 Å². The van der Waals surface area contributed by atoms with Crippen molar-refractivity contribution in [2.24, 2.45) is 5.92 Å². The molecule has 112 valence electrons. The summed E-state index contributed by atoms with van der Waals surface area (Å²) in [6.07, 6.45) is -3.09. The highest BCUT2D eigenvalue weighted by Gasteiger charge is 2.46. The monoisotopic (exact) mass is 307 g/mol. The summed E-state index contributed by atoms with van der Waals surface area (Å²) in [5.41, 5.74) is 0. The van der Waals surface area contributed by atoms with Crippen LogP contribution in [0.1, 0.15) is 25.7 Å². The number of nitrogens with one attached hydrogen (secondary N) is 1. The van der Waals surface area contributed by atoms with Crippen LogP contribution in [0.2, 0.25) is 0 Å². The lowest BCUT2D eigenvalue weighted by Gasteiger charge is -2.33. The molecule has 0 bridgehead atoms. The van der Waals surface area contributed by atoms with Gasteiger partial charge in [-0.1, -0.05) is 31.0 Å². The fourth-order valence-electron chi connectivity index (χ4n) is 2.53. The van der Waals surface area contributed by atoms with Crippen LogP contribution in [0.15, 0.2) is 35.2 Å². The van der Waals surface area contributed by atoms with Gasteiger partial charge in [-0.3, -0.25) is 0 Å². The van der Waals surface area contributed by atoms with E-state index >= 15 is 0 Å². The maximum Gasteiger partial charge on any atom is 0.393 e. The summed E-state index contributed by atoms with van der Waals surface area (Å²) < 4.78 is 65.2. The Hall–Kier alpha value is -1.08. The first kappa shape index (κ1) is 15.3. The number of alkyl halides is 3. The summed E-state index contributed by atoms with van der Waals surface area (Å²) in [7, 11) is -3.90. The normalized spacial score (nSPS) is 24.6. The zero-order valence-electron chi connectivity index (χ0n) is 10.7. The van der Waals surface area contributed by atoms with Crippen LogP contribution in [0.3, 0.4) is 0 Å². The first-order valence-electron chi connectivity index (χ1n) is 6.45. The average Bonchev–Trinajstić information content (AvgIpc) is 2.39. The van der Waals surface area contributed by atoms with Crippen molar-refractivity contribution >= 4 is 10.0 Å². The van der Waals surface area contributed by atoms with E-state index in [0.29, 0.717) is 12.8 Å². The van der Waals surface area contributed by atoms with Gasteiger partial charge in [-0.25, -0.2) is 13.1 Å². The molecular formula is C13H16F3NO2S. The summed E-state index contributed by atoms with van der Waals surface area (Å²) in [6.45, 7) is 0. The van der Waals surface area contributed by atoms with Crippen LogP contribution in [0.25, 0.3) is 0 Å². The second-order valence-corrected chi connectivity index (χ2v) is 6.69. The molecule has 2 atom stereocenters. The molecule has 1 aromatic carbocycles. The third kappa shape index (κ3) is 3.52. The molecule has 0 heterocycles. The van der Waals surface area contributed by atoms with Crippen LogP contribution in [0.4, 0.5) is 13.2 Å². The SMILES string of the molecule is O=S(=O)(NC1CCCCC1C(F)(F)F)c1ccccc1. The number of benzene rings is 1. The molecule has 2 rings (SSSR count). The minimum absolute atomic E-state index is 0.00787. The molecule has 20 heavy (non-hydrogen) atoms. The molecule has 0 saturated heterocycles. The van der Waals surface area contributed by atoms with E-state index in [1.807, 2.05) is 0 Å². The molecule has 1 aromatic rings. The topological polar surface area (TPSA) is 46.2 Å². The zero-order valence-corrected chi connectivity index (χ0v) is 11.5. The molecule has 1 N–H and O–H groups in total. The molecule has 0 aromatic heterocycles. The largest absolute Gasteiger partial charge is 0.393 e. The lowest BCUT2D eigenvalue weighted by Crippen LogP contribution is -2.47. The lowest BCUT2D eigenvalue weighted by atomic mass is 9.85. The van der Waals surface area contributed by atoms with Crippen LogP contribution < -0.4 is 4.72 Å². The van der Waals surface area contributed by atoms with Crippen molar-refractivity contribution < 1.29 is 21.6 Å². The molecule has 0 spiro atoms. The average molecular weight is 307 g/mol. The van der Waals surface area contributed by atoms with Crippen molar-refractivity contribution in [2.75, 3.05) is 0 Å². The van der Waals surface area contributed by atoms with Gasteiger partial charge in [0.15, 0.2) is 0 Å². The molecule has 1 fully saturated rings. The highest BCUT2D eigenvalue weighted by molar-refractivity contribution is 7.89. The number of rotatable bonds is 3. The van der Waals surface area contributed by atoms with E-state index in [1.54, 1.807) is 6.07 Å². The molecule has 1 aliphatic rings. The molecule has 0 amide bonds. The molecule has 2 unspecified atom stereocenters. The van der Waals surface area contributed by atoms with E-state index in [0.717, 1.165) is 0 Å². The van der Waals surface area contributed by atoms with Crippen molar-refractivity contribution in [1.82, 2.24) is 4.72 Å². The first-order chi connectivity index (χ1) is 9.31. The summed E-state index contributed by atoms with van der Waals surface area (Å²) in [5, 5.41) is 0. The Kier molecular flexibility index (Phi) is 4.39. The van der Waals surface area contributed by atoms with Gasteiger partial charge in [0.2, 0.25) is 10.0 Å². The van der Waals surface area contributed by atoms with Crippen molar-refractivity contribution in [3.05, 3.63) is 30.3 Å². The highest BCUT2D eigenvalue weighted by Crippen LogP contribution is 2.38. The summed E-state index contributed by atoms with van der Waals surface area (Å²) >= 11 is 0. The van der Waals surface area contributed by atoms with Gasteiger partial charge < -0.3 is 0 Å². The predicted octanol–water partition coefficient (Wildman–Crippen LogP) is 3.09. The first-order valence-corrected chi connectivity index (χ1v) is 7.93. The third-order valence-corrected chi connectivity index (χ3v) is 5.05. The van der Waals surface area contributed by atoms with Crippen molar-refractivity contribution in [2.45, 2.75) is 42.8 Å². The number of sulfonamides is 1. The Morgan fingerprint density at radius 3 is 2.25 bits per heavy atom. The van der Waals surface area contributed by atoms with E-state index in [1.165, 1.54) is 24.3 Å². The number of hydrogen-bond donors (Lipinski definition) is 1.